The van der Waals surface area contributed by atoms with Crippen molar-refractivity contribution in [3.63, 3.8) is 0 Å². The predicted octanol–water partition coefficient (Wildman–Crippen LogP) is 4.81. The van der Waals surface area contributed by atoms with E-state index in [0.29, 0.717) is 17.1 Å². The molecule has 21 heavy (non-hydrogen) atoms. The van der Waals surface area contributed by atoms with Gasteiger partial charge in [0, 0.05) is 27.0 Å². The number of carbonyl (C=O) groups excluding carboxylic acids is 1. The molecule has 0 bridgehead atoms. The summed E-state index contributed by atoms with van der Waals surface area (Å²) >= 11 is 9.31. The fourth-order valence-electron chi connectivity index (χ4n) is 2.08. The first-order valence-electron chi connectivity index (χ1n) is 6.68. The van der Waals surface area contributed by atoms with E-state index in [2.05, 4.69) is 47.2 Å². The van der Waals surface area contributed by atoms with Gasteiger partial charge < -0.3 is 5.32 Å². The molecule has 2 aromatic carbocycles. The SMILES string of the molecule is CC(C)(CNC(=O)c1cc(Cl)cc(Br)c1)c1ccccc1. The van der Waals surface area contributed by atoms with E-state index >= 15 is 0 Å². The summed E-state index contributed by atoms with van der Waals surface area (Å²) in [6.07, 6.45) is 0. The fourth-order valence-corrected chi connectivity index (χ4v) is 2.94. The Hall–Kier alpha value is -1.32. The van der Waals surface area contributed by atoms with Crippen LogP contribution in [-0.2, 0) is 5.41 Å². The van der Waals surface area contributed by atoms with Gasteiger partial charge in [-0.05, 0) is 23.8 Å². The molecule has 110 valence electrons. The van der Waals surface area contributed by atoms with Crippen LogP contribution in [0.2, 0.25) is 5.02 Å². The number of nitrogens with one attached hydrogen (secondary N) is 1. The molecule has 0 radical (unpaired) electrons. The number of hydrogen-bond acceptors (Lipinski definition) is 1. The van der Waals surface area contributed by atoms with Gasteiger partial charge in [-0.15, -0.1) is 0 Å². The Labute approximate surface area is 138 Å². The largest absolute Gasteiger partial charge is 0.351 e. The first kappa shape index (κ1) is 16.1. The van der Waals surface area contributed by atoms with Crippen molar-refractivity contribution >= 4 is 33.4 Å². The summed E-state index contributed by atoms with van der Waals surface area (Å²) in [6, 6.07) is 15.3. The lowest BCUT2D eigenvalue weighted by Crippen LogP contribution is -2.36. The van der Waals surface area contributed by atoms with E-state index in [-0.39, 0.29) is 11.3 Å². The molecule has 2 aromatic rings. The summed E-state index contributed by atoms with van der Waals surface area (Å²) < 4.78 is 0.794. The first-order valence-corrected chi connectivity index (χ1v) is 7.85. The van der Waals surface area contributed by atoms with Gasteiger partial charge in [-0.2, -0.15) is 0 Å². The van der Waals surface area contributed by atoms with Crippen LogP contribution < -0.4 is 5.32 Å². The van der Waals surface area contributed by atoms with E-state index in [1.807, 2.05) is 18.2 Å². The Kier molecular flexibility index (Phi) is 5.07. The van der Waals surface area contributed by atoms with E-state index in [9.17, 15) is 4.79 Å². The van der Waals surface area contributed by atoms with Crippen molar-refractivity contribution in [2.45, 2.75) is 19.3 Å². The van der Waals surface area contributed by atoms with E-state index in [0.717, 1.165) is 4.47 Å². The minimum Gasteiger partial charge on any atom is -0.351 e. The Bertz CT molecular complexity index is 620. The summed E-state index contributed by atoms with van der Waals surface area (Å²) in [5.74, 6) is -0.123. The van der Waals surface area contributed by atoms with Gasteiger partial charge in [0.25, 0.3) is 5.91 Å². The van der Waals surface area contributed by atoms with Crippen molar-refractivity contribution < 1.29 is 4.79 Å². The van der Waals surface area contributed by atoms with Crippen LogP contribution >= 0.6 is 27.5 Å². The summed E-state index contributed by atoms with van der Waals surface area (Å²) in [7, 11) is 0. The number of carbonyl (C=O) groups is 1. The molecule has 2 nitrogen and oxygen atoms in total. The van der Waals surface area contributed by atoms with Gasteiger partial charge >= 0.3 is 0 Å². The lowest BCUT2D eigenvalue weighted by atomic mass is 9.84. The van der Waals surface area contributed by atoms with E-state index in [4.69, 9.17) is 11.6 Å². The average molecular weight is 367 g/mol. The molecular weight excluding hydrogens is 350 g/mol. The molecule has 0 heterocycles. The lowest BCUT2D eigenvalue weighted by Gasteiger charge is -2.25. The van der Waals surface area contributed by atoms with Gasteiger partial charge in [0.15, 0.2) is 0 Å². The Morgan fingerprint density at radius 3 is 2.48 bits per heavy atom. The number of benzene rings is 2. The van der Waals surface area contributed by atoms with Crippen molar-refractivity contribution in [1.29, 1.82) is 0 Å². The zero-order valence-corrected chi connectivity index (χ0v) is 14.3. The third-order valence-corrected chi connectivity index (χ3v) is 4.05. The number of rotatable bonds is 4. The standard InChI is InChI=1S/C17H17BrClNO/c1-17(2,13-6-4-3-5-7-13)11-20-16(21)12-8-14(18)10-15(19)9-12/h3-10H,11H2,1-2H3,(H,20,21). The third-order valence-electron chi connectivity index (χ3n) is 3.37. The van der Waals surface area contributed by atoms with E-state index in [1.165, 1.54) is 5.56 Å². The molecule has 0 atom stereocenters. The highest BCUT2D eigenvalue weighted by atomic mass is 79.9. The quantitative estimate of drug-likeness (QED) is 0.826. The predicted molar refractivity (Wildman–Crippen MR) is 91.0 cm³/mol. The Morgan fingerprint density at radius 2 is 1.86 bits per heavy atom. The maximum atomic E-state index is 12.2. The molecule has 0 saturated heterocycles. The molecule has 0 spiro atoms. The normalized spacial score (nSPS) is 11.2. The first-order chi connectivity index (χ1) is 9.88. The van der Waals surface area contributed by atoms with Crippen LogP contribution in [0.3, 0.4) is 0 Å². The topological polar surface area (TPSA) is 29.1 Å². The zero-order valence-electron chi connectivity index (χ0n) is 12.0. The van der Waals surface area contributed by atoms with Gasteiger partial charge in [-0.3, -0.25) is 4.79 Å². The minimum absolute atomic E-state index is 0.123. The van der Waals surface area contributed by atoms with Gasteiger partial charge in [0.1, 0.15) is 0 Å². The average Bonchev–Trinajstić information content (AvgIpc) is 2.45. The molecule has 1 N–H and O–H groups in total. The van der Waals surface area contributed by atoms with Gasteiger partial charge in [-0.1, -0.05) is 71.7 Å². The van der Waals surface area contributed by atoms with Crippen molar-refractivity contribution in [3.8, 4) is 0 Å². The lowest BCUT2D eigenvalue weighted by molar-refractivity contribution is 0.0945. The van der Waals surface area contributed by atoms with Crippen LogP contribution in [0.5, 0.6) is 0 Å². The molecule has 0 unspecified atom stereocenters. The molecule has 2 rings (SSSR count). The van der Waals surface area contributed by atoms with Gasteiger partial charge in [-0.25, -0.2) is 0 Å². The second kappa shape index (κ2) is 6.63. The van der Waals surface area contributed by atoms with Crippen LogP contribution in [0.4, 0.5) is 0 Å². The van der Waals surface area contributed by atoms with Crippen LogP contribution in [0.15, 0.2) is 53.0 Å². The smallest absolute Gasteiger partial charge is 0.251 e. The van der Waals surface area contributed by atoms with Crippen molar-refractivity contribution in [2.75, 3.05) is 6.54 Å². The number of amides is 1. The molecular formula is C17H17BrClNO. The van der Waals surface area contributed by atoms with Gasteiger partial charge in [0.05, 0.1) is 0 Å². The third kappa shape index (κ3) is 4.32. The summed E-state index contributed by atoms with van der Waals surface area (Å²) in [4.78, 5) is 12.2. The minimum atomic E-state index is -0.132. The van der Waals surface area contributed by atoms with Crippen LogP contribution in [0, 0.1) is 0 Å². The van der Waals surface area contributed by atoms with Crippen molar-refractivity contribution in [3.05, 3.63) is 69.2 Å². The maximum absolute atomic E-state index is 12.2. The second-order valence-corrected chi connectivity index (χ2v) is 6.94. The molecule has 0 aliphatic rings. The zero-order chi connectivity index (χ0) is 15.5. The highest BCUT2D eigenvalue weighted by molar-refractivity contribution is 9.10. The summed E-state index contributed by atoms with van der Waals surface area (Å²) in [6.45, 7) is 4.77. The molecule has 0 fully saturated rings. The van der Waals surface area contributed by atoms with Crippen LogP contribution in [0.25, 0.3) is 0 Å². The second-order valence-electron chi connectivity index (χ2n) is 5.59. The number of hydrogen-bond donors (Lipinski definition) is 1. The van der Waals surface area contributed by atoms with Crippen LogP contribution in [0.1, 0.15) is 29.8 Å². The summed E-state index contributed by atoms with van der Waals surface area (Å²) in [5.41, 5.74) is 1.61. The monoisotopic (exact) mass is 365 g/mol. The molecule has 1 amide bonds. The molecule has 0 aromatic heterocycles. The molecule has 0 aliphatic carbocycles. The van der Waals surface area contributed by atoms with Crippen molar-refractivity contribution in [1.82, 2.24) is 5.32 Å². The highest BCUT2D eigenvalue weighted by Gasteiger charge is 2.21. The maximum Gasteiger partial charge on any atom is 0.251 e. The fraction of sp³-hybridized carbons (Fsp3) is 0.235. The Morgan fingerprint density at radius 1 is 1.19 bits per heavy atom. The van der Waals surface area contributed by atoms with E-state index in [1.54, 1.807) is 18.2 Å². The van der Waals surface area contributed by atoms with E-state index < -0.39 is 0 Å². The van der Waals surface area contributed by atoms with Crippen molar-refractivity contribution in [2.24, 2.45) is 0 Å². The van der Waals surface area contributed by atoms with Crippen LogP contribution in [-0.4, -0.2) is 12.5 Å². The highest BCUT2D eigenvalue weighted by Crippen LogP contribution is 2.23. The van der Waals surface area contributed by atoms with Gasteiger partial charge in [0.2, 0.25) is 0 Å². The summed E-state index contributed by atoms with van der Waals surface area (Å²) in [5, 5.41) is 3.51. The Balaban J connectivity index is 2.07. The number of halogens is 2. The molecule has 4 heteroatoms. The molecule has 0 aliphatic heterocycles. The molecule has 0 saturated carbocycles.